The minimum atomic E-state index is -0.899. The maximum Gasteiger partial charge on any atom is 0.303 e. The van der Waals surface area contributed by atoms with E-state index in [9.17, 15) is 14.7 Å². The van der Waals surface area contributed by atoms with Crippen LogP contribution in [0.1, 0.15) is 66.4 Å². The van der Waals surface area contributed by atoms with Gasteiger partial charge < -0.3 is 25.0 Å². The Morgan fingerprint density at radius 1 is 0.854 bits per heavy atom. The highest BCUT2D eigenvalue weighted by Crippen LogP contribution is 2.41. The van der Waals surface area contributed by atoms with Crippen molar-refractivity contribution >= 4 is 11.9 Å². The summed E-state index contributed by atoms with van der Waals surface area (Å²) in [7, 11) is 2.10. The summed E-state index contributed by atoms with van der Waals surface area (Å²) in [6, 6.07) is 26.1. The third-order valence-corrected chi connectivity index (χ3v) is 7.45. The number of aliphatic hydroxyl groups is 1. The average Bonchev–Trinajstić information content (AvgIpc) is 2.98. The van der Waals surface area contributed by atoms with Crippen LogP contribution in [0.25, 0.3) is 0 Å². The highest BCUT2D eigenvalue weighted by atomic mass is 16.7. The second-order valence-electron chi connectivity index (χ2n) is 10.8. The van der Waals surface area contributed by atoms with Crippen molar-refractivity contribution in [3.63, 3.8) is 0 Å². The van der Waals surface area contributed by atoms with Crippen molar-refractivity contribution in [2.24, 2.45) is 5.92 Å². The topological polar surface area (TPSA) is 108 Å². The Kier molecular flexibility index (Phi) is 11.0. The second kappa shape index (κ2) is 14.9. The van der Waals surface area contributed by atoms with Crippen LogP contribution in [0.5, 0.6) is 0 Å². The fourth-order valence-electron chi connectivity index (χ4n) is 5.08. The Morgan fingerprint density at radius 2 is 1.51 bits per heavy atom. The standard InChI is InChI=1S/C33H40N2O6/c1-23-29(21-35(2)20-25-7-4-3-5-8-25)40-33(41-32(23)27-15-13-26(22-36)14-16-27)28-17-11-24(12-18-28)19-34-30(37)9-6-10-31(38)39/h3-5,7-8,11-18,23,29,32-33,36H,6,9-10,19-22H2,1-2H3,(H,34,37)(H,38,39)/t23-,29+,32+,33+/m0/s1. The molecule has 0 bridgehead atoms. The van der Waals surface area contributed by atoms with Crippen molar-refractivity contribution in [1.29, 1.82) is 0 Å². The highest BCUT2D eigenvalue weighted by molar-refractivity contribution is 5.76. The average molecular weight is 561 g/mol. The van der Waals surface area contributed by atoms with Gasteiger partial charge in [-0.2, -0.15) is 0 Å². The number of benzene rings is 3. The number of carbonyl (C=O) groups is 2. The minimum absolute atomic E-state index is 0.00482. The lowest BCUT2D eigenvalue weighted by molar-refractivity contribution is -0.276. The molecule has 218 valence electrons. The van der Waals surface area contributed by atoms with Crippen molar-refractivity contribution in [3.05, 3.63) is 107 Å². The van der Waals surface area contributed by atoms with E-state index in [4.69, 9.17) is 14.6 Å². The molecule has 0 saturated carbocycles. The predicted octanol–water partition coefficient (Wildman–Crippen LogP) is 4.97. The number of aliphatic carboxylic acids is 1. The summed E-state index contributed by atoms with van der Waals surface area (Å²) in [5, 5.41) is 21.1. The molecule has 0 spiro atoms. The molecule has 3 aromatic rings. The van der Waals surface area contributed by atoms with E-state index in [1.54, 1.807) is 0 Å². The van der Waals surface area contributed by atoms with Crippen LogP contribution in [0.4, 0.5) is 0 Å². The normalized spacial score (nSPS) is 20.6. The molecule has 4 rings (SSSR count). The van der Waals surface area contributed by atoms with Crippen molar-refractivity contribution in [1.82, 2.24) is 10.2 Å². The van der Waals surface area contributed by atoms with E-state index in [0.29, 0.717) is 13.0 Å². The van der Waals surface area contributed by atoms with Gasteiger partial charge in [-0.15, -0.1) is 0 Å². The zero-order valence-corrected chi connectivity index (χ0v) is 23.7. The number of rotatable bonds is 13. The summed E-state index contributed by atoms with van der Waals surface area (Å²) in [6.45, 7) is 4.06. The number of hydrogen-bond donors (Lipinski definition) is 3. The summed E-state index contributed by atoms with van der Waals surface area (Å²) in [5.74, 6) is -0.981. The highest BCUT2D eigenvalue weighted by Gasteiger charge is 2.38. The maximum absolute atomic E-state index is 12.0. The lowest BCUT2D eigenvalue weighted by Gasteiger charge is -2.42. The van der Waals surface area contributed by atoms with Crippen LogP contribution in [-0.2, 0) is 38.8 Å². The van der Waals surface area contributed by atoms with Crippen LogP contribution in [0, 0.1) is 5.92 Å². The van der Waals surface area contributed by atoms with Crippen LogP contribution >= 0.6 is 0 Å². The third-order valence-electron chi connectivity index (χ3n) is 7.45. The van der Waals surface area contributed by atoms with Gasteiger partial charge >= 0.3 is 5.97 Å². The molecular formula is C33H40N2O6. The first kappa shape index (κ1) is 30.4. The van der Waals surface area contributed by atoms with Gasteiger partial charge in [-0.1, -0.05) is 85.8 Å². The molecule has 1 saturated heterocycles. The number of carboxylic acids is 1. The number of carbonyl (C=O) groups excluding carboxylic acids is 1. The summed E-state index contributed by atoms with van der Waals surface area (Å²) >= 11 is 0. The smallest absolute Gasteiger partial charge is 0.303 e. The van der Waals surface area contributed by atoms with Gasteiger partial charge in [-0.25, -0.2) is 0 Å². The zero-order chi connectivity index (χ0) is 29.2. The lowest BCUT2D eigenvalue weighted by Crippen LogP contribution is -2.43. The van der Waals surface area contributed by atoms with E-state index in [2.05, 4.69) is 36.3 Å². The Balaban J connectivity index is 1.45. The summed E-state index contributed by atoms with van der Waals surface area (Å²) < 4.78 is 13.1. The third kappa shape index (κ3) is 8.96. The molecule has 1 aliphatic rings. The Bertz CT molecular complexity index is 1250. The van der Waals surface area contributed by atoms with Crippen LogP contribution in [0.15, 0.2) is 78.9 Å². The van der Waals surface area contributed by atoms with Crippen LogP contribution < -0.4 is 5.32 Å². The molecule has 8 heteroatoms. The molecule has 4 atom stereocenters. The number of carboxylic acid groups (broad SMARTS) is 1. The first-order chi connectivity index (χ1) is 19.8. The van der Waals surface area contributed by atoms with Crippen molar-refractivity contribution in [2.45, 2.75) is 64.4 Å². The van der Waals surface area contributed by atoms with Crippen LogP contribution in [0.2, 0.25) is 0 Å². The van der Waals surface area contributed by atoms with Gasteiger partial charge in [0.2, 0.25) is 5.91 Å². The van der Waals surface area contributed by atoms with Crippen molar-refractivity contribution in [3.8, 4) is 0 Å². The number of nitrogens with one attached hydrogen (secondary N) is 1. The van der Waals surface area contributed by atoms with Crippen molar-refractivity contribution < 1.29 is 29.3 Å². The minimum Gasteiger partial charge on any atom is -0.481 e. The van der Waals surface area contributed by atoms with E-state index in [1.165, 1.54) is 5.56 Å². The second-order valence-corrected chi connectivity index (χ2v) is 10.8. The van der Waals surface area contributed by atoms with Gasteiger partial charge in [-0.05, 0) is 35.7 Å². The zero-order valence-electron chi connectivity index (χ0n) is 23.7. The molecule has 0 aromatic heterocycles. The molecular weight excluding hydrogens is 520 g/mol. The number of ether oxygens (including phenoxy) is 2. The molecule has 1 amide bonds. The quantitative estimate of drug-likeness (QED) is 0.271. The first-order valence-electron chi connectivity index (χ1n) is 14.1. The molecule has 1 fully saturated rings. The van der Waals surface area contributed by atoms with E-state index in [1.807, 2.05) is 66.7 Å². The van der Waals surface area contributed by atoms with Gasteiger partial charge in [0.05, 0.1) is 18.8 Å². The van der Waals surface area contributed by atoms with Crippen LogP contribution in [-0.4, -0.2) is 46.7 Å². The number of aliphatic hydroxyl groups excluding tert-OH is 1. The summed E-state index contributed by atoms with van der Waals surface area (Å²) in [6.07, 6.45) is -0.356. The molecule has 41 heavy (non-hydrogen) atoms. The predicted molar refractivity (Wildman–Crippen MR) is 156 cm³/mol. The summed E-state index contributed by atoms with van der Waals surface area (Å²) in [5.41, 5.74) is 4.96. The Labute approximate surface area is 241 Å². The van der Waals surface area contributed by atoms with E-state index in [0.717, 1.165) is 35.3 Å². The van der Waals surface area contributed by atoms with E-state index < -0.39 is 12.3 Å². The first-order valence-corrected chi connectivity index (χ1v) is 14.1. The fourth-order valence-corrected chi connectivity index (χ4v) is 5.08. The molecule has 1 heterocycles. The number of amides is 1. The van der Waals surface area contributed by atoms with Gasteiger partial charge in [-0.3, -0.25) is 14.5 Å². The molecule has 0 aliphatic carbocycles. The van der Waals surface area contributed by atoms with Gasteiger partial charge in [0.1, 0.15) is 0 Å². The summed E-state index contributed by atoms with van der Waals surface area (Å²) in [4.78, 5) is 25.0. The van der Waals surface area contributed by atoms with E-state index >= 15 is 0 Å². The maximum atomic E-state index is 12.0. The molecule has 0 unspecified atom stereocenters. The number of hydrogen-bond acceptors (Lipinski definition) is 6. The SMILES string of the molecule is C[C@H]1[C@@H](CN(C)Cc2ccccc2)O[C@@H](c2ccc(CNC(=O)CCCC(=O)O)cc2)O[C@H]1c1ccc(CO)cc1. The molecule has 8 nitrogen and oxygen atoms in total. The fraction of sp³-hybridized carbons (Fsp3) is 0.394. The molecule has 1 aliphatic heterocycles. The monoisotopic (exact) mass is 560 g/mol. The lowest BCUT2D eigenvalue weighted by atomic mass is 9.90. The number of nitrogens with zero attached hydrogens (tertiary/aromatic N) is 1. The van der Waals surface area contributed by atoms with Gasteiger partial charge in [0.15, 0.2) is 6.29 Å². The largest absolute Gasteiger partial charge is 0.481 e. The number of likely N-dealkylation sites (N-methyl/N-ethyl adjacent to an activating group) is 1. The molecule has 3 N–H and O–H groups in total. The van der Waals surface area contributed by atoms with Gasteiger partial charge in [0.25, 0.3) is 0 Å². The Morgan fingerprint density at radius 3 is 2.17 bits per heavy atom. The van der Waals surface area contributed by atoms with Gasteiger partial charge in [0, 0.05) is 44.0 Å². The van der Waals surface area contributed by atoms with Crippen LogP contribution in [0.3, 0.4) is 0 Å². The van der Waals surface area contributed by atoms with E-state index in [-0.39, 0.29) is 43.5 Å². The van der Waals surface area contributed by atoms with Crippen molar-refractivity contribution in [2.75, 3.05) is 13.6 Å². The Hall–Kier alpha value is -3.56. The molecule has 3 aromatic carbocycles. The molecule has 0 radical (unpaired) electrons.